The van der Waals surface area contributed by atoms with Crippen LogP contribution in [0.5, 0.6) is 5.75 Å². The van der Waals surface area contributed by atoms with Crippen molar-refractivity contribution in [1.29, 1.82) is 0 Å². The number of aliphatic hydroxyl groups is 1. The molecule has 2 aromatic heterocycles. The zero-order chi connectivity index (χ0) is 17.6. The van der Waals surface area contributed by atoms with Gasteiger partial charge in [0, 0.05) is 21.5 Å². The van der Waals surface area contributed by atoms with Crippen molar-refractivity contribution in [3.05, 3.63) is 63.4 Å². The zero-order valence-electron chi connectivity index (χ0n) is 13.4. The number of hydrogen-bond acceptors (Lipinski definition) is 3. The van der Waals surface area contributed by atoms with E-state index in [9.17, 15) is 9.90 Å². The molecule has 0 spiro atoms. The number of nitrogens with one attached hydrogen (secondary N) is 2. The van der Waals surface area contributed by atoms with Crippen molar-refractivity contribution < 1.29 is 9.84 Å². The van der Waals surface area contributed by atoms with Gasteiger partial charge in [-0.15, -0.1) is 0 Å². The molecule has 0 fully saturated rings. The number of halogens is 1. The molecule has 2 aromatic carbocycles. The molecule has 0 unspecified atom stereocenters. The summed E-state index contributed by atoms with van der Waals surface area (Å²) in [7, 11) is 1.59. The number of rotatable bonds is 3. The van der Waals surface area contributed by atoms with E-state index in [0.29, 0.717) is 27.4 Å². The molecule has 0 bridgehead atoms. The Bertz CT molecular complexity index is 1160. The highest BCUT2D eigenvalue weighted by Gasteiger charge is 2.18. The van der Waals surface area contributed by atoms with E-state index in [1.54, 1.807) is 19.2 Å². The summed E-state index contributed by atoms with van der Waals surface area (Å²) in [6.07, 6.45) is 0. The van der Waals surface area contributed by atoms with E-state index in [2.05, 4.69) is 9.97 Å². The van der Waals surface area contributed by atoms with Crippen LogP contribution in [0.25, 0.3) is 33.1 Å². The van der Waals surface area contributed by atoms with Gasteiger partial charge in [0.15, 0.2) is 0 Å². The van der Waals surface area contributed by atoms with Gasteiger partial charge in [-0.05, 0) is 35.9 Å². The fourth-order valence-corrected chi connectivity index (χ4v) is 3.35. The van der Waals surface area contributed by atoms with Gasteiger partial charge < -0.3 is 19.8 Å². The van der Waals surface area contributed by atoms with Crippen LogP contribution < -0.4 is 10.3 Å². The molecule has 3 N–H and O–H groups in total. The first-order valence-electron chi connectivity index (χ1n) is 7.73. The lowest BCUT2D eigenvalue weighted by atomic mass is 9.99. The number of methoxy groups -OCH3 is 1. The number of aromatic nitrogens is 2. The minimum Gasteiger partial charge on any atom is -0.497 e. The van der Waals surface area contributed by atoms with E-state index in [-0.39, 0.29) is 12.2 Å². The molecular weight excluding hydrogens is 340 g/mol. The molecule has 0 amide bonds. The lowest BCUT2D eigenvalue weighted by Gasteiger charge is -2.10. The number of benzene rings is 2. The Balaban J connectivity index is 2.17. The maximum atomic E-state index is 12.5. The van der Waals surface area contributed by atoms with Gasteiger partial charge in [0.05, 0.1) is 30.3 Å². The van der Waals surface area contributed by atoms with Gasteiger partial charge in [0.25, 0.3) is 5.56 Å². The summed E-state index contributed by atoms with van der Waals surface area (Å²) < 4.78 is 5.29. The fourth-order valence-electron chi connectivity index (χ4n) is 3.18. The lowest BCUT2D eigenvalue weighted by molar-refractivity contribution is 0.281. The summed E-state index contributed by atoms with van der Waals surface area (Å²) in [5.74, 6) is 0.675. The van der Waals surface area contributed by atoms with Crippen LogP contribution in [0.1, 0.15) is 5.56 Å². The summed E-state index contributed by atoms with van der Waals surface area (Å²) in [5, 5.41) is 11.2. The Morgan fingerprint density at radius 3 is 2.72 bits per heavy atom. The number of ether oxygens (including phenoxy) is 1. The van der Waals surface area contributed by atoms with Gasteiger partial charge in [-0.25, -0.2) is 0 Å². The summed E-state index contributed by atoms with van der Waals surface area (Å²) in [4.78, 5) is 18.7. The van der Waals surface area contributed by atoms with Crippen molar-refractivity contribution >= 4 is 33.5 Å². The number of hydrogen-bond donors (Lipinski definition) is 3. The lowest BCUT2D eigenvalue weighted by Crippen LogP contribution is -2.14. The summed E-state index contributed by atoms with van der Waals surface area (Å²) in [5.41, 5.74) is 3.69. The quantitative estimate of drug-likeness (QED) is 0.523. The summed E-state index contributed by atoms with van der Waals surface area (Å²) >= 11 is 6.11. The normalized spacial score (nSPS) is 11.3. The molecule has 0 saturated carbocycles. The predicted octanol–water partition coefficient (Wildman–Crippen LogP) is 3.83. The van der Waals surface area contributed by atoms with Crippen molar-refractivity contribution in [3.8, 4) is 16.9 Å². The number of H-pyrrole nitrogens is 2. The highest BCUT2D eigenvalue weighted by atomic mass is 35.5. The summed E-state index contributed by atoms with van der Waals surface area (Å²) in [6.45, 7) is -0.367. The first kappa shape index (κ1) is 15.7. The fraction of sp³-hybridized carbons (Fsp3) is 0.105. The third-order valence-corrected chi connectivity index (χ3v) is 4.58. The molecule has 4 aromatic rings. The van der Waals surface area contributed by atoms with Crippen LogP contribution in [0, 0.1) is 0 Å². The highest BCUT2D eigenvalue weighted by molar-refractivity contribution is 6.31. The Morgan fingerprint density at radius 1 is 1.12 bits per heavy atom. The smallest absolute Gasteiger partial charge is 0.254 e. The van der Waals surface area contributed by atoms with Crippen LogP contribution in [-0.4, -0.2) is 22.2 Å². The van der Waals surface area contributed by atoms with Crippen LogP contribution in [0.4, 0.5) is 0 Å². The van der Waals surface area contributed by atoms with Crippen molar-refractivity contribution in [3.63, 3.8) is 0 Å². The van der Waals surface area contributed by atoms with Crippen LogP contribution in [-0.2, 0) is 6.61 Å². The summed E-state index contributed by atoms with van der Waals surface area (Å²) in [6, 6.07) is 12.9. The molecule has 5 nitrogen and oxygen atoms in total. The van der Waals surface area contributed by atoms with Crippen LogP contribution in [0.15, 0.2) is 47.3 Å². The first-order valence-corrected chi connectivity index (χ1v) is 8.11. The number of aromatic amines is 2. The largest absolute Gasteiger partial charge is 0.497 e. The van der Waals surface area contributed by atoms with Gasteiger partial charge in [0.1, 0.15) is 5.75 Å². The van der Waals surface area contributed by atoms with E-state index >= 15 is 0 Å². The Labute approximate surface area is 147 Å². The Hall–Kier alpha value is -2.76. The second kappa shape index (κ2) is 5.95. The maximum Gasteiger partial charge on any atom is 0.254 e. The van der Waals surface area contributed by atoms with Crippen molar-refractivity contribution in [2.24, 2.45) is 0 Å². The highest BCUT2D eigenvalue weighted by Crippen LogP contribution is 2.35. The van der Waals surface area contributed by atoms with Crippen LogP contribution in [0.3, 0.4) is 0 Å². The minimum atomic E-state index is -0.367. The molecule has 4 rings (SSSR count). The SMILES string of the molecule is COc1cccc(-c2c(CO)c(=O)[nH]c3c2[nH]c2ccc(Cl)cc23)c1. The van der Waals surface area contributed by atoms with Crippen molar-refractivity contribution in [2.75, 3.05) is 7.11 Å². The van der Waals surface area contributed by atoms with Gasteiger partial charge in [-0.1, -0.05) is 23.7 Å². The van der Waals surface area contributed by atoms with Gasteiger partial charge >= 0.3 is 0 Å². The monoisotopic (exact) mass is 354 g/mol. The average Bonchev–Trinajstić information content (AvgIpc) is 2.98. The molecule has 0 radical (unpaired) electrons. The van der Waals surface area contributed by atoms with Gasteiger partial charge in [0.2, 0.25) is 0 Å². The van der Waals surface area contributed by atoms with E-state index in [1.165, 1.54) is 0 Å². The van der Waals surface area contributed by atoms with Gasteiger partial charge in [-0.2, -0.15) is 0 Å². The van der Waals surface area contributed by atoms with Crippen LogP contribution in [0.2, 0.25) is 5.02 Å². The first-order chi connectivity index (χ1) is 12.1. The molecule has 2 heterocycles. The average molecular weight is 355 g/mol. The third kappa shape index (κ3) is 2.49. The number of aliphatic hydroxyl groups excluding tert-OH is 1. The number of fused-ring (bicyclic) bond motifs is 3. The maximum absolute atomic E-state index is 12.5. The number of pyridine rings is 1. The minimum absolute atomic E-state index is 0.304. The molecule has 6 heteroatoms. The van der Waals surface area contributed by atoms with E-state index in [0.717, 1.165) is 22.0 Å². The second-order valence-electron chi connectivity index (χ2n) is 5.76. The third-order valence-electron chi connectivity index (χ3n) is 4.34. The Kier molecular flexibility index (Phi) is 3.75. The van der Waals surface area contributed by atoms with Crippen molar-refractivity contribution in [2.45, 2.75) is 6.61 Å². The van der Waals surface area contributed by atoms with Crippen molar-refractivity contribution in [1.82, 2.24) is 9.97 Å². The standard InChI is InChI=1S/C19H15ClN2O3/c1-25-12-4-2-3-10(7-12)16-14(9-23)19(24)22-17-13-8-11(20)5-6-15(13)21-18(16)17/h2-8,21,23H,9H2,1H3,(H,22,24). The molecule has 25 heavy (non-hydrogen) atoms. The molecular formula is C19H15ClN2O3. The van der Waals surface area contributed by atoms with Crippen LogP contribution >= 0.6 is 11.6 Å². The topological polar surface area (TPSA) is 78.1 Å². The van der Waals surface area contributed by atoms with E-state index in [1.807, 2.05) is 30.3 Å². The molecule has 0 aliphatic rings. The molecule has 0 saturated heterocycles. The second-order valence-corrected chi connectivity index (χ2v) is 6.20. The van der Waals surface area contributed by atoms with E-state index in [4.69, 9.17) is 16.3 Å². The molecule has 0 aliphatic heterocycles. The molecule has 0 atom stereocenters. The van der Waals surface area contributed by atoms with E-state index < -0.39 is 0 Å². The zero-order valence-corrected chi connectivity index (χ0v) is 14.1. The molecule has 0 aliphatic carbocycles. The Morgan fingerprint density at radius 2 is 1.96 bits per heavy atom. The molecule has 126 valence electrons. The van der Waals surface area contributed by atoms with Gasteiger partial charge in [-0.3, -0.25) is 4.79 Å². The predicted molar refractivity (Wildman–Crippen MR) is 99.3 cm³/mol.